The summed E-state index contributed by atoms with van der Waals surface area (Å²) in [4.78, 5) is 13.4. The van der Waals surface area contributed by atoms with Gasteiger partial charge < -0.3 is 9.47 Å². The van der Waals surface area contributed by atoms with Crippen molar-refractivity contribution in [3.63, 3.8) is 0 Å². The van der Waals surface area contributed by atoms with Gasteiger partial charge in [0.15, 0.2) is 5.52 Å². The van der Waals surface area contributed by atoms with Gasteiger partial charge >= 0.3 is 0 Å². The van der Waals surface area contributed by atoms with Crippen LogP contribution in [-0.2, 0) is 0 Å². The molecule has 0 aliphatic carbocycles. The highest BCUT2D eigenvalue weighted by Crippen LogP contribution is 2.34. The number of para-hydroxylation sites is 2. The van der Waals surface area contributed by atoms with Crippen LogP contribution >= 0.6 is 8.58 Å². The molecule has 1 unspecified atom stereocenters. The summed E-state index contributed by atoms with van der Waals surface area (Å²) < 4.78 is 12.2. The van der Waals surface area contributed by atoms with Crippen LogP contribution in [-0.4, -0.2) is 5.52 Å². The maximum atomic E-state index is 13.4. The maximum Gasteiger partial charge on any atom is 0.186 e. The third-order valence-corrected chi connectivity index (χ3v) is 6.89. The largest absolute Gasteiger partial charge is 0.457 e. The zero-order valence-electron chi connectivity index (χ0n) is 19.3. The quantitative estimate of drug-likeness (QED) is 0.269. The van der Waals surface area contributed by atoms with Crippen molar-refractivity contribution in [2.75, 3.05) is 0 Å². The number of carbonyl (C=O) groups excluding carboxylic acids is 1. The molecule has 0 spiro atoms. The molecule has 33 heavy (non-hydrogen) atoms. The molecular weight excluding hydrogens is 427 g/mol. The van der Waals surface area contributed by atoms with Gasteiger partial charge in [-0.1, -0.05) is 42.5 Å². The van der Waals surface area contributed by atoms with E-state index in [0.717, 1.165) is 27.7 Å². The van der Waals surface area contributed by atoms with Gasteiger partial charge in [-0.05, 0) is 94.9 Å². The third kappa shape index (κ3) is 5.32. The van der Waals surface area contributed by atoms with E-state index >= 15 is 0 Å². The lowest BCUT2D eigenvalue weighted by atomic mass is 9.95. The molecule has 4 rings (SSSR count). The summed E-state index contributed by atoms with van der Waals surface area (Å²) >= 11 is 0. The number of rotatable bonds is 7. The summed E-state index contributed by atoms with van der Waals surface area (Å²) in [5.41, 5.74) is 5.37. The van der Waals surface area contributed by atoms with Crippen LogP contribution in [0.5, 0.6) is 23.0 Å². The Hall–Kier alpha value is -3.42. The Balaban J connectivity index is 1.68. The first kappa shape index (κ1) is 22.8. The van der Waals surface area contributed by atoms with Gasteiger partial charge in [0.05, 0.1) is 0 Å². The standard InChI is InChI=1S/C29H27O3P/c1-19-17-20(2)28(22(4)21(19)3)29(30)33-27-16-15-25(31-23-11-7-5-8-12-23)18-26(27)32-24-13-9-6-10-14-24/h5-18,33H,1-4H3. The fraction of sp³-hybridized carbons (Fsp3) is 0.138. The molecular formula is C29H27O3P. The van der Waals surface area contributed by atoms with Gasteiger partial charge in [0.25, 0.3) is 0 Å². The van der Waals surface area contributed by atoms with Crippen LogP contribution < -0.4 is 14.8 Å². The van der Waals surface area contributed by atoms with Gasteiger partial charge in [-0.25, -0.2) is 0 Å². The molecule has 0 fully saturated rings. The van der Waals surface area contributed by atoms with Gasteiger partial charge in [-0.15, -0.1) is 0 Å². The molecule has 0 N–H and O–H groups in total. The first-order chi connectivity index (χ1) is 15.9. The van der Waals surface area contributed by atoms with E-state index in [1.807, 2.05) is 92.7 Å². The highest BCUT2D eigenvalue weighted by atomic mass is 31.1. The van der Waals surface area contributed by atoms with Crippen molar-refractivity contribution in [1.82, 2.24) is 0 Å². The number of hydrogen-bond acceptors (Lipinski definition) is 3. The van der Waals surface area contributed by atoms with Crippen molar-refractivity contribution < 1.29 is 14.3 Å². The van der Waals surface area contributed by atoms with E-state index < -0.39 is 0 Å². The Kier molecular flexibility index (Phi) is 6.91. The first-order valence-electron chi connectivity index (χ1n) is 10.9. The van der Waals surface area contributed by atoms with E-state index in [2.05, 4.69) is 19.9 Å². The van der Waals surface area contributed by atoms with Crippen LogP contribution in [0.2, 0.25) is 0 Å². The number of ether oxygens (including phenoxy) is 2. The molecule has 0 radical (unpaired) electrons. The zero-order chi connectivity index (χ0) is 23.4. The minimum atomic E-state index is -0.0630. The van der Waals surface area contributed by atoms with Crippen LogP contribution in [0, 0.1) is 27.7 Å². The van der Waals surface area contributed by atoms with Crippen molar-refractivity contribution in [2.45, 2.75) is 27.7 Å². The van der Waals surface area contributed by atoms with Crippen LogP contribution in [0.15, 0.2) is 84.9 Å². The Morgan fingerprint density at radius 3 is 1.88 bits per heavy atom. The summed E-state index contributed by atoms with van der Waals surface area (Å²) in [6.45, 7) is 8.20. The molecule has 0 saturated heterocycles. The predicted molar refractivity (Wildman–Crippen MR) is 137 cm³/mol. The lowest BCUT2D eigenvalue weighted by Crippen LogP contribution is -2.09. The van der Waals surface area contributed by atoms with E-state index in [4.69, 9.17) is 9.47 Å². The van der Waals surface area contributed by atoms with Crippen LogP contribution in [0.3, 0.4) is 0 Å². The normalized spacial score (nSPS) is 11.0. The van der Waals surface area contributed by atoms with Crippen molar-refractivity contribution >= 4 is 19.4 Å². The molecule has 4 aromatic rings. The fourth-order valence-corrected chi connectivity index (χ4v) is 4.98. The Morgan fingerprint density at radius 1 is 0.636 bits per heavy atom. The second-order valence-corrected chi connectivity index (χ2v) is 9.32. The molecule has 166 valence electrons. The monoisotopic (exact) mass is 454 g/mol. The molecule has 0 aromatic heterocycles. The summed E-state index contributed by atoms with van der Waals surface area (Å²) in [6, 6.07) is 27.0. The molecule has 3 nitrogen and oxygen atoms in total. The summed E-state index contributed by atoms with van der Waals surface area (Å²) in [5.74, 6) is 2.74. The molecule has 4 aromatic carbocycles. The number of carbonyl (C=O) groups is 1. The summed E-state index contributed by atoms with van der Waals surface area (Å²) in [7, 11) is -0.0630. The first-order valence-corrected chi connectivity index (χ1v) is 11.9. The molecule has 1 atom stereocenters. The smallest absolute Gasteiger partial charge is 0.186 e. The van der Waals surface area contributed by atoms with Crippen LogP contribution in [0.4, 0.5) is 0 Å². The maximum absolute atomic E-state index is 13.4. The minimum absolute atomic E-state index is 0.0630. The number of benzene rings is 4. The third-order valence-electron chi connectivity index (χ3n) is 5.73. The second kappa shape index (κ2) is 10.0. The number of hydrogen-bond donors (Lipinski definition) is 0. The minimum Gasteiger partial charge on any atom is -0.457 e. The summed E-state index contributed by atoms with van der Waals surface area (Å²) in [5, 5.41) is 0.848. The fourth-order valence-electron chi connectivity index (χ4n) is 3.81. The van der Waals surface area contributed by atoms with Gasteiger partial charge in [0.1, 0.15) is 23.0 Å². The molecule has 0 saturated carbocycles. The van der Waals surface area contributed by atoms with E-state index in [1.165, 1.54) is 11.1 Å². The van der Waals surface area contributed by atoms with Gasteiger partial charge in [-0.2, -0.15) is 0 Å². The van der Waals surface area contributed by atoms with Gasteiger partial charge in [-0.3, -0.25) is 4.79 Å². The van der Waals surface area contributed by atoms with Crippen LogP contribution in [0.1, 0.15) is 32.6 Å². The zero-order valence-corrected chi connectivity index (χ0v) is 20.3. The molecule has 0 amide bonds. The van der Waals surface area contributed by atoms with Crippen LogP contribution in [0.25, 0.3) is 0 Å². The van der Waals surface area contributed by atoms with Crippen molar-refractivity contribution in [2.24, 2.45) is 0 Å². The van der Waals surface area contributed by atoms with Gasteiger partial charge in [0.2, 0.25) is 0 Å². The SMILES string of the molecule is Cc1cc(C)c(C(=O)Pc2ccc(Oc3ccccc3)cc2Oc2ccccc2)c(C)c1C. The molecule has 0 bridgehead atoms. The second-order valence-electron chi connectivity index (χ2n) is 8.08. The van der Waals surface area contributed by atoms with Crippen molar-refractivity contribution in [1.29, 1.82) is 0 Å². The molecule has 0 aliphatic heterocycles. The lowest BCUT2D eigenvalue weighted by molar-refractivity contribution is 0.108. The highest BCUT2D eigenvalue weighted by Gasteiger charge is 2.18. The average molecular weight is 455 g/mol. The van der Waals surface area contributed by atoms with Gasteiger partial charge in [0, 0.05) is 16.9 Å². The van der Waals surface area contributed by atoms with Crippen molar-refractivity contribution in [3.05, 3.63) is 113 Å². The Morgan fingerprint density at radius 2 is 1.24 bits per heavy atom. The average Bonchev–Trinajstić information content (AvgIpc) is 2.81. The van der Waals surface area contributed by atoms with E-state index in [1.54, 1.807) is 0 Å². The number of aryl methyl sites for hydroxylation is 2. The highest BCUT2D eigenvalue weighted by molar-refractivity contribution is 7.66. The molecule has 0 aliphatic rings. The van der Waals surface area contributed by atoms with E-state index in [-0.39, 0.29) is 14.1 Å². The lowest BCUT2D eigenvalue weighted by Gasteiger charge is -2.16. The van der Waals surface area contributed by atoms with E-state index in [9.17, 15) is 4.79 Å². The van der Waals surface area contributed by atoms with Crippen molar-refractivity contribution in [3.8, 4) is 23.0 Å². The molecule has 4 heteroatoms. The van der Waals surface area contributed by atoms with E-state index in [0.29, 0.717) is 17.2 Å². The summed E-state index contributed by atoms with van der Waals surface area (Å²) in [6.07, 6.45) is 0. The topological polar surface area (TPSA) is 35.5 Å². The molecule has 0 heterocycles. The Labute approximate surface area is 197 Å². The predicted octanol–water partition coefficient (Wildman–Crippen LogP) is 7.65. The Bertz CT molecular complexity index is 1280.